The first-order valence-electron chi connectivity index (χ1n) is 12.9. The van der Waals surface area contributed by atoms with Crippen molar-refractivity contribution in [2.45, 2.75) is 56.4 Å². The Morgan fingerprint density at radius 2 is 1.95 bits per heavy atom. The van der Waals surface area contributed by atoms with Crippen LogP contribution in [0.4, 0.5) is 10.7 Å². The Morgan fingerprint density at radius 1 is 1.23 bits per heavy atom. The van der Waals surface area contributed by atoms with Gasteiger partial charge in [0, 0.05) is 30.2 Å². The lowest BCUT2D eigenvalue weighted by molar-refractivity contribution is -0.115. The van der Waals surface area contributed by atoms with Crippen LogP contribution in [0.25, 0.3) is 11.3 Å². The molecule has 0 saturated heterocycles. The van der Waals surface area contributed by atoms with Crippen molar-refractivity contribution in [3.05, 3.63) is 56.2 Å². The Labute approximate surface area is 235 Å². The number of hydrogen-bond donors (Lipinski definition) is 2. The van der Waals surface area contributed by atoms with Crippen LogP contribution in [0.1, 0.15) is 59.5 Å². The van der Waals surface area contributed by atoms with Crippen LogP contribution in [0, 0.1) is 11.3 Å². The number of thiophene rings is 1. The number of aryl methyl sites for hydroxylation is 1. The molecule has 2 heterocycles. The van der Waals surface area contributed by atoms with E-state index in [2.05, 4.69) is 15.3 Å². The van der Waals surface area contributed by atoms with Crippen molar-refractivity contribution < 1.29 is 14.3 Å². The summed E-state index contributed by atoms with van der Waals surface area (Å²) in [4.78, 5) is 49.2. The van der Waals surface area contributed by atoms with Crippen molar-refractivity contribution in [1.82, 2.24) is 9.97 Å². The molecule has 1 aromatic carbocycles. The van der Waals surface area contributed by atoms with Crippen LogP contribution in [0.5, 0.6) is 0 Å². The van der Waals surface area contributed by atoms with Gasteiger partial charge in [-0.25, -0.2) is 9.78 Å². The molecule has 2 aromatic heterocycles. The van der Waals surface area contributed by atoms with Crippen LogP contribution < -0.4 is 15.8 Å². The van der Waals surface area contributed by atoms with Crippen molar-refractivity contribution in [3.8, 4) is 17.3 Å². The highest BCUT2D eigenvalue weighted by atomic mass is 32.2. The van der Waals surface area contributed by atoms with Gasteiger partial charge in [0.1, 0.15) is 16.6 Å². The molecular weight excluding hydrogens is 534 g/mol. The molecule has 9 nitrogen and oxygen atoms in total. The maximum absolute atomic E-state index is 13.4. The Balaban J connectivity index is 1.61. The Bertz CT molecular complexity index is 1470. The number of nitriles is 1. The number of carbonyl (C=O) groups is 2. The number of nitrogens with zero attached hydrogens (tertiary/aromatic N) is 3. The van der Waals surface area contributed by atoms with Crippen LogP contribution in [-0.4, -0.2) is 47.8 Å². The van der Waals surface area contributed by atoms with Gasteiger partial charge in [-0.05, 0) is 56.7 Å². The largest absolute Gasteiger partial charge is 0.462 e. The number of benzene rings is 1. The number of rotatable bonds is 9. The highest BCUT2D eigenvalue weighted by Gasteiger charge is 2.29. The summed E-state index contributed by atoms with van der Waals surface area (Å²) < 4.78 is 5.30. The molecule has 1 aliphatic carbocycles. The topological polar surface area (TPSA) is 128 Å². The minimum Gasteiger partial charge on any atom is -0.462 e. The quantitative estimate of drug-likeness (QED) is 0.211. The van der Waals surface area contributed by atoms with Gasteiger partial charge >= 0.3 is 5.97 Å². The Kier molecular flexibility index (Phi) is 9.09. The molecule has 0 unspecified atom stereocenters. The van der Waals surface area contributed by atoms with Gasteiger partial charge in [-0.2, -0.15) is 5.26 Å². The molecule has 0 bridgehead atoms. The Morgan fingerprint density at radius 3 is 2.59 bits per heavy atom. The smallest absolute Gasteiger partial charge is 0.341 e. The number of carbonyl (C=O) groups excluding carboxylic acids is 2. The van der Waals surface area contributed by atoms with Crippen molar-refractivity contribution in [3.63, 3.8) is 0 Å². The summed E-state index contributed by atoms with van der Waals surface area (Å²) in [6, 6.07) is 9.35. The van der Waals surface area contributed by atoms with Crippen LogP contribution in [0.2, 0.25) is 0 Å². The number of nitrogens with one attached hydrogen (secondary N) is 2. The lowest BCUT2D eigenvalue weighted by Crippen LogP contribution is -2.26. The van der Waals surface area contributed by atoms with Gasteiger partial charge in [0.05, 0.1) is 23.1 Å². The van der Waals surface area contributed by atoms with E-state index in [1.54, 1.807) is 6.92 Å². The zero-order chi connectivity index (χ0) is 28.1. The van der Waals surface area contributed by atoms with Gasteiger partial charge in [-0.15, -0.1) is 11.3 Å². The number of aromatic nitrogens is 2. The minimum atomic E-state index is -0.598. The Hall–Kier alpha value is -3.62. The summed E-state index contributed by atoms with van der Waals surface area (Å²) in [6.45, 7) is 3.88. The van der Waals surface area contributed by atoms with Crippen LogP contribution in [0.15, 0.2) is 34.2 Å². The second-order valence-corrected chi connectivity index (χ2v) is 11.6. The molecule has 0 fully saturated rings. The van der Waals surface area contributed by atoms with Gasteiger partial charge in [-0.3, -0.25) is 9.59 Å². The van der Waals surface area contributed by atoms with E-state index in [0.717, 1.165) is 53.6 Å². The van der Waals surface area contributed by atoms with E-state index >= 15 is 0 Å². The molecule has 3 aromatic rings. The lowest BCUT2D eigenvalue weighted by atomic mass is 9.95. The summed E-state index contributed by atoms with van der Waals surface area (Å²) in [6.07, 6.45) is 4.16. The molecule has 0 spiro atoms. The first kappa shape index (κ1) is 28.4. The maximum atomic E-state index is 13.4. The molecule has 204 valence electrons. The summed E-state index contributed by atoms with van der Waals surface area (Å²) in [5.74, 6) is -0.716. The zero-order valence-corrected chi connectivity index (χ0v) is 24.1. The predicted molar refractivity (Wildman–Crippen MR) is 155 cm³/mol. The number of anilines is 2. The van der Waals surface area contributed by atoms with Gasteiger partial charge in [0.15, 0.2) is 5.16 Å². The van der Waals surface area contributed by atoms with Gasteiger partial charge in [0.2, 0.25) is 5.91 Å². The zero-order valence-electron chi connectivity index (χ0n) is 22.4. The summed E-state index contributed by atoms with van der Waals surface area (Å²) in [5, 5.41) is 12.7. The number of amides is 1. The number of thioether (sulfide) groups is 1. The summed E-state index contributed by atoms with van der Waals surface area (Å²) in [7, 11) is 3.85. The second-order valence-electron chi connectivity index (χ2n) is 9.29. The molecule has 0 saturated carbocycles. The molecule has 1 aliphatic rings. The van der Waals surface area contributed by atoms with Crippen LogP contribution >= 0.6 is 23.1 Å². The fourth-order valence-electron chi connectivity index (χ4n) is 4.46. The fraction of sp³-hybridized carbons (Fsp3) is 0.393. The fourth-order valence-corrected chi connectivity index (χ4v) is 6.64. The van der Waals surface area contributed by atoms with E-state index < -0.39 is 16.8 Å². The number of esters is 1. The number of ether oxygens (including phenoxy) is 1. The van der Waals surface area contributed by atoms with E-state index in [-0.39, 0.29) is 28.9 Å². The summed E-state index contributed by atoms with van der Waals surface area (Å²) >= 11 is 2.55. The van der Waals surface area contributed by atoms with Crippen LogP contribution in [-0.2, 0) is 22.4 Å². The second kappa shape index (κ2) is 12.5. The third-order valence-corrected chi connectivity index (χ3v) is 8.93. The van der Waals surface area contributed by atoms with E-state index in [0.29, 0.717) is 22.5 Å². The first-order valence-corrected chi connectivity index (χ1v) is 14.6. The molecule has 0 aliphatic heterocycles. The standard InChI is InChI=1S/C28H31N5O4S2/c1-5-20(25(35)31-26-22(27(36)37-6-2)18-9-7-8-10-21(18)38-26)39-28-30-23(19(15-29)24(34)32-28)16-11-13-17(14-12-16)33(3)4/h11-14,20H,5-10H2,1-4H3,(H,31,35)(H,30,32,34)/t20-/m0/s1. The van der Waals surface area contributed by atoms with Crippen molar-refractivity contribution in [2.75, 3.05) is 30.9 Å². The molecule has 0 radical (unpaired) electrons. The average Bonchev–Trinajstić information content (AvgIpc) is 3.29. The van der Waals surface area contributed by atoms with E-state index in [4.69, 9.17) is 4.74 Å². The molecule has 39 heavy (non-hydrogen) atoms. The molecular formula is C28H31N5O4S2. The molecule has 2 N–H and O–H groups in total. The first-order chi connectivity index (χ1) is 18.8. The number of aromatic amines is 1. The molecule has 1 amide bonds. The number of H-pyrrole nitrogens is 1. The highest BCUT2D eigenvalue weighted by molar-refractivity contribution is 8.00. The van der Waals surface area contributed by atoms with Crippen molar-refractivity contribution in [1.29, 1.82) is 5.26 Å². The van der Waals surface area contributed by atoms with Crippen molar-refractivity contribution >= 4 is 45.7 Å². The summed E-state index contributed by atoms with van der Waals surface area (Å²) in [5.41, 5.74) is 2.65. The molecule has 4 rings (SSSR count). The normalized spacial score (nSPS) is 13.2. The highest BCUT2D eigenvalue weighted by Crippen LogP contribution is 2.39. The van der Waals surface area contributed by atoms with E-state index in [9.17, 15) is 19.6 Å². The lowest BCUT2D eigenvalue weighted by Gasteiger charge is -2.16. The SMILES string of the molecule is CCOC(=O)c1c(NC(=O)[C@H](CC)Sc2nc(-c3ccc(N(C)C)cc3)c(C#N)c(=O)[nH]2)sc2c1CCCC2. The third-order valence-electron chi connectivity index (χ3n) is 6.47. The maximum Gasteiger partial charge on any atom is 0.341 e. The van der Waals surface area contributed by atoms with Gasteiger partial charge in [0.25, 0.3) is 5.56 Å². The average molecular weight is 566 g/mol. The van der Waals surface area contributed by atoms with E-state index in [1.165, 1.54) is 11.3 Å². The van der Waals surface area contributed by atoms with Crippen molar-refractivity contribution in [2.24, 2.45) is 0 Å². The van der Waals surface area contributed by atoms with E-state index in [1.807, 2.05) is 56.3 Å². The number of hydrogen-bond acceptors (Lipinski definition) is 9. The third kappa shape index (κ3) is 6.18. The molecule has 1 atom stereocenters. The molecule has 11 heteroatoms. The van der Waals surface area contributed by atoms with Crippen LogP contribution in [0.3, 0.4) is 0 Å². The number of fused-ring (bicyclic) bond motifs is 1. The minimum absolute atomic E-state index is 0.0855. The monoisotopic (exact) mass is 565 g/mol. The van der Waals surface area contributed by atoms with Gasteiger partial charge in [-0.1, -0.05) is 30.8 Å². The predicted octanol–water partition coefficient (Wildman–Crippen LogP) is 5.00. The van der Waals surface area contributed by atoms with Gasteiger partial charge < -0.3 is 19.9 Å².